The van der Waals surface area contributed by atoms with Gasteiger partial charge < -0.3 is 20.1 Å². The fourth-order valence-corrected chi connectivity index (χ4v) is 6.54. The number of hydrogen-bond donors (Lipinski definition) is 2. The van der Waals surface area contributed by atoms with Crippen LogP contribution in [0.5, 0.6) is 0 Å². The Morgan fingerprint density at radius 3 is 2.38 bits per heavy atom. The van der Waals surface area contributed by atoms with E-state index in [0.717, 1.165) is 23.3 Å². The molecular weight excluding hydrogens is 452 g/mol. The number of carbonyl (C=O) groups excluding carboxylic acids is 2. The van der Waals surface area contributed by atoms with Crippen LogP contribution in [0.1, 0.15) is 36.3 Å². The highest BCUT2D eigenvalue weighted by molar-refractivity contribution is 7.99. The van der Waals surface area contributed by atoms with Crippen LogP contribution in [0.25, 0.3) is 11.1 Å². The fourth-order valence-electron chi connectivity index (χ4n) is 5.50. The topological polar surface area (TPSA) is 95.9 Å². The number of carboxylic acids is 1. The predicted molar refractivity (Wildman–Crippen MR) is 130 cm³/mol. The zero-order chi connectivity index (χ0) is 23.7. The Balaban J connectivity index is 1.23. The van der Waals surface area contributed by atoms with Crippen LogP contribution in [0.15, 0.2) is 48.5 Å². The number of hydrogen-bond acceptors (Lipinski definition) is 5. The summed E-state index contributed by atoms with van der Waals surface area (Å²) < 4.78 is 5.66. The molecule has 3 atom stereocenters. The standard InChI is InChI=1S/C26H28N2O5S/c29-24(28-12-13-34-15-23(28)25(30)31)20-10-5-11-22(20)27-26(32)33-14-21-18-8-3-1-6-16(18)17-7-2-4-9-19(17)21/h1-4,6-9,20-23H,5,10-15H2,(H,27,32)(H,30,31)/t20-,22+,23?/m1/s1. The number of ether oxygens (including phenoxy) is 1. The second-order valence-electron chi connectivity index (χ2n) is 9.07. The molecule has 178 valence electrons. The second kappa shape index (κ2) is 9.70. The quantitative estimate of drug-likeness (QED) is 0.677. The summed E-state index contributed by atoms with van der Waals surface area (Å²) in [5.41, 5.74) is 4.63. The van der Waals surface area contributed by atoms with E-state index in [9.17, 15) is 19.5 Å². The van der Waals surface area contributed by atoms with Gasteiger partial charge in [-0.05, 0) is 35.1 Å². The Morgan fingerprint density at radius 2 is 1.71 bits per heavy atom. The minimum atomic E-state index is -0.973. The van der Waals surface area contributed by atoms with Gasteiger partial charge in [-0.2, -0.15) is 11.8 Å². The molecule has 2 aromatic carbocycles. The molecular formula is C26H28N2O5S. The molecule has 8 heteroatoms. The van der Waals surface area contributed by atoms with Crippen LogP contribution in [0.3, 0.4) is 0 Å². The van der Waals surface area contributed by atoms with Crippen molar-refractivity contribution in [2.24, 2.45) is 5.92 Å². The van der Waals surface area contributed by atoms with Crippen LogP contribution in [-0.4, -0.2) is 64.7 Å². The molecule has 0 spiro atoms. The fraction of sp³-hybridized carbons (Fsp3) is 0.423. The van der Waals surface area contributed by atoms with E-state index in [1.54, 1.807) is 11.8 Å². The van der Waals surface area contributed by atoms with E-state index in [2.05, 4.69) is 29.6 Å². The first-order valence-corrected chi connectivity index (χ1v) is 12.9. The first-order valence-electron chi connectivity index (χ1n) is 11.8. The molecule has 5 rings (SSSR count). The lowest BCUT2D eigenvalue weighted by Gasteiger charge is -2.35. The molecule has 2 fully saturated rings. The van der Waals surface area contributed by atoms with Crippen molar-refractivity contribution in [3.05, 3.63) is 59.7 Å². The highest BCUT2D eigenvalue weighted by Crippen LogP contribution is 2.44. The maximum absolute atomic E-state index is 13.2. The first-order chi connectivity index (χ1) is 16.5. The number of alkyl carbamates (subject to hydrolysis) is 1. The molecule has 0 aromatic heterocycles. The van der Waals surface area contributed by atoms with Crippen molar-refractivity contribution < 1.29 is 24.2 Å². The number of rotatable bonds is 5. The Kier molecular flexibility index (Phi) is 6.50. The van der Waals surface area contributed by atoms with Crippen molar-refractivity contribution in [3.8, 4) is 11.1 Å². The summed E-state index contributed by atoms with van der Waals surface area (Å²) in [4.78, 5) is 39.1. The summed E-state index contributed by atoms with van der Waals surface area (Å²) >= 11 is 1.55. The van der Waals surface area contributed by atoms with E-state index in [1.807, 2.05) is 24.3 Å². The minimum Gasteiger partial charge on any atom is -0.480 e. The van der Waals surface area contributed by atoms with Crippen molar-refractivity contribution >= 4 is 29.7 Å². The van der Waals surface area contributed by atoms with E-state index in [-0.39, 0.29) is 24.5 Å². The van der Waals surface area contributed by atoms with Crippen LogP contribution in [0, 0.1) is 5.92 Å². The van der Waals surface area contributed by atoms with Gasteiger partial charge in [-0.1, -0.05) is 55.0 Å². The van der Waals surface area contributed by atoms with E-state index in [4.69, 9.17) is 4.74 Å². The molecule has 7 nitrogen and oxygen atoms in total. The third-order valence-corrected chi connectivity index (χ3v) is 8.20. The van der Waals surface area contributed by atoms with Gasteiger partial charge in [0.15, 0.2) is 0 Å². The van der Waals surface area contributed by atoms with Crippen LogP contribution < -0.4 is 5.32 Å². The second-order valence-corrected chi connectivity index (χ2v) is 10.2. The summed E-state index contributed by atoms with van der Waals surface area (Å²) in [6.45, 7) is 0.643. The summed E-state index contributed by atoms with van der Waals surface area (Å²) in [7, 11) is 0. The van der Waals surface area contributed by atoms with Gasteiger partial charge in [0.2, 0.25) is 5.91 Å². The van der Waals surface area contributed by atoms with Gasteiger partial charge in [0.05, 0.1) is 5.92 Å². The number of carbonyl (C=O) groups is 3. The number of aliphatic carboxylic acids is 1. The van der Waals surface area contributed by atoms with Crippen molar-refractivity contribution in [3.63, 3.8) is 0 Å². The normalized spacial score (nSPS) is 23.8. The molecule has 1 saturated carbocycles. The van der Waals surface area contributed by atoms with Crippen molar-refractivity contribution in [1.82, 2.24) is 10.2 Å². The van der Waals surface area contributed by atoms with Gasteiger partial charge in [0.1, 0.15) is 12.6 Å². The number of thioether (sulfide) groups is 1. The van der Waals surface area contributed by atoms with Crippen LogP contribution in [0.4, 0.5) is 4.79 Å². The summed E-state index contributed by atoms with van der Waals surface area (Å²) in [5.74, 6) is -0.453. The molecule has 0 radical (unpaired) electrons. The molecule has 1 heterocycles. The van der Waals surface area contributed by atoms with Gasteiger partial charge in [-0.3, -0.25) is 4.79 Å². The molecule has 34 heavy (non-hydrogen) atoms. The Hall–Kier alpha value is -3.00. The number of amides is 2. The highest BCUT2D eigenvalue weighted by atomic mass is 32.2. The number of nitrogens with zero attached hydrogens (tertiary/aromatic N) is 1. The molecule has 1 aliphatic heterocycles. The van der Waals surface area contributed by atoms with Crippen molar-refractivity contribution in [2.75, 3.05) is 24.7 Å². The molecule has 2 N–H and O–H groups in total. The maximum Gasteiger partial charge on any atom is 0.407 e. The van der Waals surface area contributed by atoms with Crippen LogP contribution in [0.2, 0.25) is 0 Å². The lowest BCUT2D eigenvalue weighted by Crippen LogP contribution is -2.54. The summed E-state index contributed by atoms with van der Waals surface area (Å²) in [5, 5.41) is 12.4. The molecule has 2 aliphatic carbocycles. The van der Waals surface area contributed by atoms with Gasteiger partial charge in [-0.15, -0.1) is 0 Å². The SMILES string of the molecule is O=C(N[C@H]1CCC[C@H]1C(=O)N1CCSCC1C(=O)O)OCC1c2ccccc2-c2ccccc21. The molecule has 2 amide bonds. The van der Waals surface area contributed by atoms with Crippen molar-refractivity contribution in [1.29, 1.82) is 0 Å². The van der Waals surface area contributed by atoms with E-state index in [0.29, 0.717) is 25.1 Å². The third kappa shape index (κ3) is 4.27. The average Bonchev–Trinajstić information content (AvgIpc) is 3.44. The summed E-state index contributed by atoms with van der Waals surface area (Å²) in [6, 6.07) is 15.2. The Bertz CT molecular complexity index is 1060. The Labute approximate surface area is 202 Å². The number of carboxylic acid groups (broad SMARTS) is 1. The average molecular weight is 481 g/mol. The van der Waals surface area contributed by atoms with E-state index >= 15 is 0 Å². The molecule has 1 unspecified atom stereocenters. The van der Waals surface area contributed by atoms with Crippen molar-refractivity contribution in [2.45, 2.75) is 37.3 Å². The Morgan fingerprint density at radius 1 is 1.03 bits per heavy atom. The van der Waals surface area contributed by atoms with Gasteiger partial charge in [-0.25, -0.2) is 9.59 Å². The van der Waals surface area contributed by atoms with Gasteiger partial charge >= 0.3 is 12.1 Å². The monoisotopic (exact) mass is 480 g/mol. The molecule has 2 aromatic rings. The number of benzene rings is 2. The maximum atomic E-state index is 13.2. The smallest absolute Gasteiger partial charge is 0.407 e. The van der Waals surface area contributed by atoms with Gasteiger partial charge in [0, 0.05) is 30.0 Å². The van der Waals surface area contributed by atoms with Crippen LogP contribution in [-0.2, 0) is 14.3 Å². The highest BCUT2D eigenvalue weighted by Gasteiger charge is 2.41. The summed E-state index contributed by atoms with van der Waals surface area (Å²) in [6.07, 6.45) is 1.60. The van der Waals surface area contributed by atoms with Gasteiger partial charge in [0.25, 0.3) is 0 Å². The third-order valence-electron chi connectivity index (χ3n) is 7.18. The molecule has 1 saturated heterocycles. The lowest BCUT2D eigenvalue weighted by atomic mass is 9.98. The lowest BCUT2D eigenvalue weighted by molar-refractivity contribution is -0.151. The molecule has 0 bridgehead atoms. The predicted octanol–water partition coefficient (Wildman–Crippen LogP) is 3.72. The minimum absolute atomic E-state index is 0.0265. The zero-order valence-corrected chi connectivity index (χ0v) is 19.6. The number of fused-ring (bicyclic) bond motifs is 3. The first kappa shape index (κ1) is 22.8. The number of nitrogens with one attached hydrogen (secondary N) is 1. The van der Waals surface area contributed by atoms with E-state index in [1.165, 1.54) is 16.0 Å². The van der Waals surface area contributed by atoms with E-state index < -0.39 is 24.0 Å². The van der Waals surface area contributed by atoms with Crippen LogP contribution >= 0.6 is 11.8 Å². The largest absolute Gasteiger partial charge is 0.480 e. The molecule has 3 aliphatic rings. The zero-order valence-electron chi connectivity index (χ0n) is 18.8.